The molecule has 4 rings (SSSR count). The Labute approximate surface area is 203 Å². The van der Waals surface area contributed by atoms with Crippen molar-refractivity contribution in [2.75, 3.05) is 38.2 Å². The quantitative estimate of drug-likeness (QED) is 0.508. The molecule has 0 aliphatic carbocycles. The van der Waals surface area contributed by atoms with Crippen molar-refractivity contribution in [3.63, 3.8) is 0 Å². The molecule has 33 heavy (non-hydrogen) atoms. The van der Waals surface area contributed by atoms with Crippen LogP contribution < -0.4 is 14.8 Å². The molecular formula is C25H24Cl2N2O4. The van der Waals surface area contributed by atoms with E-state index >= 15 is 0 Å². The number of carbonyl (C=O) groups is 1. The van der Waals surface area contributed by atoms with E-state index in [1.807, 2.05) is 53.4 Å². The van der Waals surface area contributed by atoms with Gasteiger partial charge in [-0.3, -0.25) is 9.69 Å². The van der Waals surface area contributed by atoms with Gasteiger partial charge in [0.15, 0.2) is 17.2 Å². The van der Waals surface area contributed by atoms with Gasteiger partial charge in [-0.15, -0.1) is 0 Å². The van der Waals surface area contributed by atoms with Gasteiger partial charge in [-0.2, -0.15) is 0 Å². The average molecular weight is 487 g/mol. The fourth-order valence-electron chi connectivity index (χ4n) is 3.42. The molecule has 0 aromatic heterocycles. The van der Waals surface area contributed by atoms with Crippen molar-refractivity contribution in [1.82, 2.24) is 4.90 Å². The van der Waals surface area contributed by atoms with Crippen molar-refractivity contribution < 1.29 is 19.0 Å². The zero-order valence-corrected chi connectivity index (χ0v) is 19.4. The van der Waals surface area contributed by atoms with Crippen LogP contribution in [0.3, 0.4) is 0 Å². The smallest absolute Gasteiger partial charge is 0.238 e. The Morgan fingerprint density at radius 3 is 2.42 bits per heavy atom. The van der Waals surface area contributed by atoms with Gasteiger partial charge in [0.1, 0.15) is 6.61 Å². The number of anilines is 1. The van der Waals surface area contributed by atoms with Gasteiger partial charge in [0, 0.05) is 23.1 Å². The highest BCUT2D eigenvalue weighted by molar-refractivity contribution is 6.31. The minimum Gasteiger partial charge on any atom is -0.487 e. The average Bonchev–Trinajstić information content (AvgIpc) is 2.80. The highest BCUT2D eigenvalue weighted by Crippen LogP contribution is 2.36. The van der Waals surface area contributed by atoms with Crippen LogP contribution in [0.2, 0.25) is 10.0 Å². The molecule has 0 saturated heterocycles. The third-order valence-corrected chi connectivity index (χ3v) is 5.50. The van der Waals surface area contributed by atoms with Gasteiger partial charge in [-0.25, -0.2) is 0 Å². The number of para-hydroxylation sites is 2. The highest BCUT2D eigenvalue weighted by Gasteiger charge is 2.16. The van der Waals surface area contributed by atoms with Gasteiger partial charge in [0.25, 0.3) is 0 Å². The summed E-state index contributed by atoms with van der Waals surface area (Å²) in [5, 5.41) is 4.10. The molecule has 8 heteroatoms. The second kappa shape index (κ2) is 11.4. The Hall–Kier alpha value is -2.77. The predicted octanol–water partition coefficient (Wildman–Crippen LogP) is 5.64. The minimum absolute atomic E-state index is 0.172. The van der Waals surface area contributed by atoms with Crippen molar-refractivity contribution in [2.45, 2.75) is 6.54 Å². The SMILES string of the molecule is O=C1CN(Cc2ccc(Cl)cc2)CCOCCOc2ccccc2Oc2ccc(Cl)cc2N1. The summed E-state index contributed by atoms with van der Waals surface area (Å²) < 4.78 is 17.7. The van der Waals surface area contributed by atoms with Crippen molar-refractivity contribution in [3.05, 3.63) is 82.3 Å². The molecule has 0 spiro atoms. The first-order chi connectivity index (χ1) is 16.1. The first kappa shape index (κ1) is 23.4. The number of hydrogen-bond acceptors (Lipinski definition) is 5. The lowest BCUT2D eigenvalue weighted by Crippen LogP contribution is -2.35. The molecule has 0 unspecified atom stereocenters. The maximum absolute atomic E-state index is 13.0. The van der Waals surface area contributed by atoms with Crippen molar-refractivity contribution in [3.8, 4) is 17.2 Å². The van der Waals surface area contributed by atoms with Gasteiger partial charge < -0.3 is 19.5 Å². The predicted molar refractivity (Wildman–Crippen MR) is 130 cm³/mol. The number of hydrogen-bond donors (Lipinski definition) is 1. The Kier molecular flexibility index (Phi) is 8.07. The monoisotopic (exact) mass is 486 g/mol. The molecule has 0 saturated carbocycles. The van der Waals surface area contributed by atoms with E-state index in [4.69, 9.17) is 37.4 Å². The summed E-state index contributed by atoms with van der Waals surface area (Å²) in [6.45, 7) is 2.58. The number of amides is 1. The molecular weight excluding hydrogens is 463 g/mol. The van der Waals surface area contributed by atoms with Crippen molar-refractivity contribution in [2.24, 2.45) is 0 Å². The number of ether oxygens (including phenoxy) is 3. The lowest BCUT2D eigenvalue weighted by atomic mass is 10.2. The van der Waals surface area contributed by atoms with Gasteiger partial charge in [0.2, 0.25) is 5.91 Å². The third kappa shape index (κ3) is 6.85. The third-order valence-electron chi connectivity index (χ3n) is 5.01. The van der Waals surface area contributed by atoms with Crippen molar-refractivity contribution in [1.29, 1.82) is 0 Å². The van der Waals surface area contributed by atoms with Crippen LogP contribution in [0.25, 0.3) is 0 Å². The molecule has 1 heterocycles. The van der Waals surface area contributed by atoms with Gasteiger partial charge >= 0.3 is 0 Å². The molecule has 1 N–H and O–H groups in total. The van der Waals surface area contributed by atoms with Crippen LogP contribution >= 0.6 is 23.2 Å². The zero-order chi connectivity index (χ0) is 23.0. The molecule has 1 aliphatic rings. The molecule has 0 radical (unpaired) electrons. The Balaban J connectivity index is 1.57. The molecule has 3 aromatic carbocycles. The Morgan fingerprint density at radius 1 is 0.848 bits per heavy atom. The van der Waals surface area contributed by atoms with E-state index < -0.39 is 0 Å². The summed E-state index contributed by atoms with van der Waals surface area (Å²) in [4.78, 5) is 15.0. The molecule has 1 aliphatic heterocycles. The van der Waals surface area contributed by atoms with Crippen LogP contribution in [0, 0.1) is 0 Å². The molecule has 0 fully saturated rings. The number of rotatable bonds is 2. The molecule has 1 amide bonds. The topological polar surface area (TPSA) is 60.0 Å². The van der Waals surface area contributed by atoms with E-state index in [2.05, 4.69) is 5.32 Å². The first-order valence-electron chi connectivity index (χ1n) is 10.6. The van der Waals surface area contributed by atoms with Crippen LogP contribution in [-0.2, 0) is 16.1 Å². The Morgan fingerprint density at radius 2 is 1.61 bits per heavy atom. The molecule has 172 valence electrons. The molecule has 0 bridgehead atoms. The number of carbonyl (C=O) groups excluding carboxylic acids is 1. The highest BCUT2D eigenvalue weighted by atomic mass is 35.5. The maximum Gasteiger partial charge on any atom is 0.238 e. The normalized spacial score (nSPS) is 15.6. The van der Waals surface area contributed by atoms with Crippen LogP contribution in [0.15, 0.2) is 66.7 Å². The maximum atomic E-state index is 13.0. The summed E-state index contributed by atoms with van der Waals surface area (Å²) in [5.74, 6) is 1.41. The fourth-order valence-corrected chi connectivity index (χ4v) is 3.72. The minimum atomic E-state index is -0.185. The number of nitrogens with zero attached hydrogens (tertiary/aromatic N) is 1. The summed E-state index contributed by atoms with van der Waals surface area (Å²) in [6, 6.07) is 20.0. The fraction of sp³-hybridized carbons (Fsp3) is 0.240. The van der Waals surface area contributed by atoms with Gasteiger partial charge in [-0.05, 0) is 48.0 Å². The summed E-state index contributed by atoms with van der Waals surface area (Å²) in [5.41, 5.74) is 1.54. The zero-order valence-electron chi connectivity index (χ0n) is 17.9. The van der Waals surface area contributed by atoms with Crippen LogP contribution in [0.5, 0.6) is 17.2 Å². The molecule has 0 atom stereocenters. The number of halogens is 2. The first-order valence-corrected chi connectivity index (χ1v) is 11.4. The van der Waals surface area contributed by atoms with E-state index in [-0.39, 0.29) is 12.5 Å². The second-order valence-electron chi connectivity index (χ2n) is 7.54. The lowest BCUT2D eigenvalue weighted by Gasteiger charge is -2.22. The largest absolute Gasteiger partial charge is 0.487 e. The van der Waals surface area contributed by atoms with E-state index in [1.165, 1.54) is 0 Å². The number of benzene rings is 3. The Bertz CT molecular complexity index is 1090. The summed E-state index contributed by atoms with van der Waals surface area (Å²) >= 11 is 12.2. The standard InChI is InChI=1S/C25H24Cl2N2O4/c26-19-7-5-18(6-8-19)16-29-11-12-31-13-14-32-23-3-1-2-4-24(23)33-22-10-9-20(27)15-21(22)28-25(30)17-29/h1-10,15H,11-14,16-17H2,(H,28,30). The van der Waals surface area contributed by atoms with E-state index in [0.717, 1.165) is 5.56 Å². The van der Waals surface area contributed by atoms with Crippen LogP contribution in [0.4, 0.5) is 5.69 Å². The van der Waals surface area contributed by atoms with E-state index in [9.17, 15) is 4.79 Å². The van der Waals surface area contributed by atoms with Gasteiger partial charge in [-0.1, -0.05) is 47.5 Å². The van der Waals surface area contributed by atoms with E-state index in [1.54, 1.807) is 18.2 Å². The van der Waals surface area contributed by atoms with Crippen LogP contribution in [0.1, 0.15) is 5.56 Å². The lowest BCUT2D eigenvalue weighted by molar-refractivity contribution is -0.117. The summed E-state index contributed by atoms with van der Waals surface area (Å²) in [6.07, 6.45) is 0. The summed E-state index contributed by atoms with van der Waals surface area (Å²) in [7, 11) is 0. The second-order valence-corrected chi connectivity index (χ2v) is 8.41. The molecule has 6 nitrogen and oxygen atoms in total. The number of fused-ring (bicyclic) bond motifs is 2. The number of nitrogens with one attached hydrogen (secondary N) is 1. The van der Waals surface area contributed by atoms with E-state index in [0.29, 0.717) is 65.9 Å². The molecule has 3 aromatic rings. The van der Waals surface area contributed by atoms with Crippen molar-refractivity contribution >= 4 is 34.8 Å². The van der Waals surface area contributed by atoms with Gasteiger partial charge in [0.05, 0.1) is 25.4 Å². The van der Waals surface area contributed by atoms with Crippen LogP contribution in [-0.4, -0.2) is 43.7 Å².